The maximum absolute atomic E-state index is 13.0. The van der Waals surface area contributed by atoms with Gasteiger partial charge in [0, 0.05) is 0 Å². The lowest BCUT2D eigenvalue weighted by Crippen LogP contribution is -2.42. The molecule has 3 amide bonds. The fraction of sp³-hybridized carbons (Fsp3) is 0.294. The van der Waals surface area contributed by atoms with E-state index in [-0.39, 0.29) is 18.7 Å². The summed E-state index contributed by atoms with van der Waals surface area (Å²) in [5.41, 5.74) is -0.874. The number of amides is 3. The molecule has 0 bridgehead atoms. The Morgan fingerprint density at radius 1 is 1.12 bits per heavy atom. The molecule has 1 aromatic carbocycles. The van der Waals surface area contributed by atoms with Crippen LogP contribution < -0.4 is 16.0 Å². The van der Waals surface area contributed by atoms with Crippen LogP contribution in [-0.2, 0) is 17.5 Å². The van der Waals surface area contributed by atoms with Crippen molar-refractivity contribution in [2.75, 3.05) is 6.54 Å². The lowest BCUT2D eigenvalue weighted by Gasteiger charge is -2.19. The number of hydrogen-bond acceptors (Lipinski definition) is 3. The SMILES string of the molecule is C[C@@H](NC(=O)NCC(=O)NCc1ccco1)c1ccccc1C(F)(F)F. The molecule has 0 spiro atoms. The molecule has 0 fully saturated rings. The van der Waals surface area contributed by atoms with E-state index in [1.165, 1.54) is 31.4 Å². The van der Waals surface area contributed by atoms with Crippen LogP contribution in [0.15, 0.2) is 47.1 Å². The van der Waals surface area contributed by atoms with Crippen LogP contribution in [0, 0.1) is 0 Å². The van der Waals surface area contributed by atoms with E-state index in [4.69, 9.17) is 4.42 Å². The van der Waals surface area contributed by atoms with Crippen LogP contribution in [0.2, 0.25) is 0 Å². The van der Waals surface area contributed by atoms with Gasteiger partial charge in [-0.1, -0.05) is 18.2 Å². The first-order chi connectivity index (χ1) is 12.3. The Kier molecular flexibility index (Phi) is 6.26. The van der Waals surface area contributed by atoms with Crippen LogP contribution in [-0.4, -0.2) is 18.5 Å². The fourth-order valence-corrected chi connectivity index (χ4v) is 2.28. The summed E-state index contributed by atoms with van der Waals surface area (Å²) >= 11 is 0. The Bertz CT molecular complexity index is 745. The average Bonchev–Trinajstić information content (AvgIpc) is 3.11. The molecule has 140 valence electrons. The first kappa shape index (κ1) is 19.4. The third kappa shape index (κ3) is 5.54. The van der Waals surface area contributed by atoms with Gasteiger partial charge in [0.1, 0.15) is 5.76 Å². The molecule has 6 nitrogen and oxygen atoms in total. The number of carbonyl (C=O) groups excluding carboxylic acids is 2. The van der Waals surface area contributed by atoms with Crippen LogP contribution in [0.3, 0.4) is 0 Å². The van der Waals surface area contributed by atoms with Gasteiger partial charge in [0.25, 0.3) is 0 Å². The Hall–Kier alpha value is -2.97. The molecule has 0 radical (unpaired) electrons. The summed E-state index contributed by atoms with van der Waals surface area (Å²) in [6, 6.07) is 6.71. The first-order valence-electron chi connectivity index (χ1n) is 7.77. The van der Waals surface area contributed by atoms with E-state index in [0.29, 0.717) is 5.76 Å². The maximum atomic E-state index is 13.0. The maximum Gasteiger partial charge on any atom is 0.416 e. The topological polar surface area (TPSA) is 83.4 Å². The van der Waals surface area contributed by atoms with Crippen molar-refractivity contribution in [2.45, 2.75) is 25.7 Å². The molecule has 2 aromatic rings. The molecule has 0 saturated carbocycles. The number of urea groups is 1. The Labute approximate surface area is 147 Å². The van der Waals surface area contributed by atoms with Crippen molar-refractivity contribution in [3.63, 3.8) is 0 Å². The summed E-state index contributed by atoms with van der Waals surface area (Å²) in [6.45, 7) is 1.28. The predicted molar refractivity (Wildman–Crippen MR) is 86.9 cm³/mol. The lowest BCUT2D eigenvalue weighted by atomic mass is 10.0. The van der Waals surface area contributed by atoms with E-state index >= 15 is 0 Å². The van der Waals surface area contributed by atoms with E-state index in [2.05, 4.69) is 16.0 Å². The van der Waals surface area contributed by atoms with Crippen LogP contribution in [0.1, 0.15) is 29.9 Å². The molecule has 2 rings (SSSR count). The number of rotatable bonds is 6. The lowest BCUT2D eigenvalue weighted by molar-refractivity contribution is -0.138. The van der Waals surface area contributed by atoms with Crippen LogP contribution in [0.4, 0.5) is 18.0 Å². The third-order valence-corrected chi connectivity index (χ3v) is 3.53. The Morgan fingerprint density at radius 2 is 1.85 bits per heavy atom. The van der Waals surface area contributed by atoms with Gasteiger partial charge in [-0.25, -0.2) is 4.79 Å². The van der Waals surface area contributed by atoms with E-state index in [1.54, 1.807) is 12.1 Å². The van der Waals surface area contributed by atoms with Crippen molar-refractivity contribution in [3.05, 3.63) is 59.5 Å². The number of alkyl halides is 3. The summed E-state index contributed by atoms with van der Waals surface area (Å²) in [5, 5.41) is 7.21. The number of benzene rings is 1. The van der Waals surface area contributed by atoms with E-state index in [9.17, 15) is 22.8 Å². The number of halogens is 3. The third-order valence-electron chi connectivity index (χ3n) is 3.53. The van der Waals surface area contributed by atoms with Gasteiger partial charge in [-0.15, -0.1) is 0 Å². The van der Waals surface area contributed by atoms with Crippen molar-refractivity contribution in [1.82, 2.24) is 16.0 Å². The fourth-order valence-electron chi connectivity index (χ4n) is 2.28. The Morgan fingerprint density at radius 3 is 2.50 bits per heavy atom. The molecule has 3 N–H and O–H groups in total. The number of furan rings is 1. The molecule has 0 unspecified atom stereocenters. The van der Waals surface area contributed by atoms with E-state index in [1.807, 2.05) is 0 Å². The zero-order valence-electron chi connectivity index (χ0n) is 13.9. The van der Waals surface area contributed by atoms with Crippen LogP contribution in [0.5, 0.6) is 0 Å². The standard InChI is InChI=1S/C17H18F3N3O3/c1-11(13-6-2-3-7-14(13)17(18,19)20)23-16(25)22-10-15(24)21-9-12-5-4-8-26-12/h2-8,11H,9-10H2,1H3,(H,21,24)(H2,22,23,25)/t11-/m1/s1. The van der Waals surface area contributed by atoms with Gasteiger partial charge < -0.3 is 20.4 Å². The highest BCUT2D eigenvalue weighted by atomic mass is 19.4. The molecule has 9 heteroatoms. The molecule has 0 aliphatic carbocycles. The molecule has 1 aromatic heterocycles. The average molecular weight is 369 g/mol. The minimum Gasteiger partial charge on any atom is -0.467 e. The van der Waals surface area contributed by atoms with Gasteiger partial charge in [-0.2, -0.15) is 13.2 Å². The van der Waals surface area contributed by atoms with Crippen molar-refractivity contribution in [3.8, 4) is 0 Å². The quantitative estimate of drug-likeness (QED) is 0.732. The molecule has 0 aliphatic rings. The normalized spacial score (nSPS) is 12.3. The Balaban J connectivity index is 1.83. The monoisotopic (exact) mass is 369 g/mol. The number of hydrogen-bond donors (Lipinski definition) is 3. The highest BCUT2D eigenvalue weighted by molar-refractivity contribution is 5.84. The highest BCUT2D eigenvalue weighted by Gasteiger charge is 2.34. The molecule has 0 saturated heterocycles. The smallest absolute Gasteiger partial charge is 0.416 e. The predicted octanol–water partition coefficient (Wildman–Crippen LogP) is 2.98. The van der Waals surface area contributed by atoms with Gasteiger partial charge in [-0.3, -0.25) is 4.79 Å². The summed E-state index contributed by atoms with van der Waals surface area (Å²) in [7, 11) is 0. The van der Waals surface area contributed by atoms with Crippen molar-refractivity contribution in [1.29, 1.82) is 0 Å². The largest absolute Gasteiger partial charge is 0.467 e. The molecule has 1 atom stereocenters. The number of nitrogens with one attached hydrogen (secondary N) is 3. The highest BCUT2D eigenvalue weighted by Crippen LogP contribution is 2.34. The molecular formula is C17H18F3N3O3. The van der Waals surface area contributed by atoms with Crippen molar-refractivity contribution < 1.29 is 27.2 Å². The van der Waals surface area contributed by atoms with Gasteiger partial charge in [-0.05, 0) is 30.7 Å². The van der Waals surface area contributed by atoms with E-state index in [0.717, 1.165) is 6.07 Å². The summed E-state index contributed by atoms with van der Waals surface area (Å²) < 4.78 is 44.1. The summed E-state index contributed by atoms with van der Waals surface area (Å²) in [5.74, 6) is 0.0973. The minimum absolute atomic E-state index is 0.0579. The van der Waals surface area contributed by atoms with Gasteiger partial charge in [0.05, 0.1) is 31.0 Å². The second kappa shape index (κ2) is 8.41. The first-order valence-corrected chi connectivity index (χ1v) is 7.77. The second-order valence-electron chi connectivity index (χ2n) is 5.49. The molecular weight excluding hydrogens is 351 g/mol. The molecule has 26 heavy (non-hydrogen) atoms. The van der Waals surface area contributed by atoms with Crippen LogP contribution >= 0.6 is 0 Å². The van der Waals surface area contributed by atoms with E-state index < -0.39 is 29.7 Å². The molecule has 1 heterocycles. The zero-order chi connectivity index (χ0) is 19.2. The van der Waals surface area contributed by atoms with Crippen molar-refractivity contribution in [2.24, 2.45) is 0 Å². The summed E-state index contributed by atoms with van der Waals surface area (Å²) in [6.07, 6.45) is -3.05. The number of carbonyl (C=O) groups is 2. The second-order valence-corrected chi connectivity index (χ2v) is 5.49. The molecule has 0 aliphatic heterocycles. The summed E-state index contributed by atoms with van der Waals surface area (Å²) in [4.78, 5) is 23.5. The van der Waals surface area contributed by atoms with Crippen molar-refractivity contribution >= 4 is 11.9 Å². The van der Waals surface area contributed by atoms with Gasteiger partial charge in [0.2, 0.25) is 5.91 Å². The minimum atomic E-state index is -4.52. The zero-order valence-corrected chi connectivity index (χ0v) is 13.9. The van der Waals surface area contributed by atoms with Gasteiger partial charge in [0.15, 0.2) is 0 Å². The van der Waals surface area contributed by atoms with Gasteiger partial charge >= 0.3 is 12.2 Å². The van der Waals surface area contributed by atoms with Crippen LogP contribution in [0.25, 0.3) is 0 Å².